The smallest absolute Gasteiger partial charge is 0.191 e. The van der Waals surface area contributed by atoms with Gasteiger partial charge in [-0.2, -0.15) is 0 Å². The summed E-state index contributed by atoms with van der Waals surface area (Å²) in [5.74, 6) is 0.516. The van der Waals surface area contributed by atoms with E-state index in [9.17, 15) is 4.39 Å². The lowest BCUT2D eigenvalue weighted by molar-refractivity contribution is 0.0243. The SMILES string of the molecule is CCN(CC)c1ccc(CNC(=NC)NCC2(C)CCCO2)cc1F.I. The zero-order chi connectivity index (χ0) is 18.3. The Balaban J connectivity index is 0.00000338. The summed E-state index contributed by atoms with van der Waals surface area (Å²) in [4.78, 5) is 6.24. The molecule has 0 aromatic heterocycles. The number of aliphatic imine (C=N–C) groups is 1. The molecule has 1 aromatic carbocycles. The molecule has 0 amide bonds. The maximum Gasteiger partial charge on any atom is 0.191 e. The van der Waals surface area contributed by atoms with E-state index in [0.29, 0.717) is 24.7 Å². The van der Waals surface area contributed by atoms with Crippen LogP contribution in [-0.4, -0.2) is 44.8 Å². The van der Waals surface area contributed by atoms with Gasteiger partial charge in [-0.05, 0) is 51.3 Å². The summed E-state index contributed by atoms with van der Waals surface area (Å²) in [6.45, 7) is 9.81. The zero-order valence-corrected chi connectivity index (χ0v) is 18.6. The van der Waals surface area contributed by atoms with E-state index in [0.717, 1.165) is 38.1 Å². The number of hydrogen-bond donors (Lipinski definition) is 2. The quantitative estimate of drug-likeness (QED) is 0.358. The predicted octanol–water partition coefficient (Wildman–Crippen LogP) is 3.52. The lowest BCUT2D eigenvalue weighted by atomic mass is 10.0. The van der Waals surface area contributed by atoms with E-state index < -0.39 is 0 Å². The molecule has 2 rings (SSSR count). The van der Waals surface area contributed by atoms with Gasteiger partial charge >= 0.3 is 0 Å². The third-order valence-corrected chi connectivity index (χ3v) is 4.73. The van der Waals surface area contributed by atoms with Crippen LogP contribution in [-0.2, 0) is 11.3 Å². The van der Waals surface area contributed by atoms with E-state index in [1.54, 1.807) is 13.1 Å². The molecule has 5 nitrogen and oxygen atoms in total. The van der Waals surface area contributed by atoms with Crippen molar-refractivity contribution in [2.24, 2.45) is 4.99 Å². The number of nitrogens with one attached hydrogen (secondary N) is 2. The van der Waals surface area contributed by atoms with Gasteiger partial charge in [-0.25, -0.2) is 4.39 Å². The van der Waals surface area contributed by atoms with Crippen LogP contribution in [0.4, 0.5) is 10.1 Å². The molecule has 0 spiro atoms. The molecule has 7 heteroatoms. The van der Waals surface area contributed by atoms with Crippen molar-refractivity contribution in [2.75, 3.05) is 38.2 Å². The largest absolute Gasteiger partial charge is 0.373 e. The Morgan fingerprint density at radius 1 is 1.31 bits per heavy atom. The minimum absolute atomic E-state index is 0. The van der Waals surface area contributed by atoms with Crippen molar-refractivity contribution in [2.45, 2.75) is 45.8 Å². The fraction of sp³-hybridized carbons (Fsp3) is 0.632. The van der Waals surface area contributed by atoms with Crippen molar-refractivity contribution in [3.8, 4) is 0 Å². The van der Waals surface area contributed by atoms with Gasteiger partial charge in [-0.1, -0.05) is 6.07 Å². The maximum atomic E-state index is 14.4. The standard InChI is InChI=1S/C19H31FN4O.HI/c1-5-24(6-2)17-9-8-15(12-16(17)20)13-22-18(21-4)23-14-19(3)10-7-11-25-19;/h8-9,12H,5-7,10-11,13-14H2,1-4H3,(H2,21,22,23);1H. The number of nitrogens with zero attached hydrogens (tertiary/aromatic N) is 2. The second-order valence-electron chi connectivity index (χ2n) is 6.64. The molecule has 0 bridgehead atoms. The van der Waals surface area contributed by atoms with Crippen LogP contribution >= 0.6 is 24.0 Å². The second kappa shape index (κ2) is 10.9. The van der Waals surface area contributed by atoms with Gasteiger partial charge in [0.05, 0.1) is 11.3 Å². The first-order chi connectivity index (χ1) is 12.0. The van der Waals surface area contributed by atoms with Gasteiger partial charge in [0.15, 0.2) is 5.96 Å². The molecule has 1 aliphatic rings. The van der Waals surface area contributed by atoms with Crippen LogP contribution < -0.4 is 15.5 Å². The summed E-state index contributed by atoms with van der Waals surface area (Å²) in [5.41, 5.74) is 1.41. The first-order valence-electron chi connectivity index (χ1n) is 9.13. The number of ether oxygens (including phenoxy) is 1. The first kappa shape index (κ1) is 23.0. The predicted molar refractivity (Wildman–Crippen MR) is 117 cm³/mol. The number of benzene rings is 1. The molecule has 1 aromatic rings. The van der Waals surface area contributed by atoms with Gasteiger partial charge in [-0.3, -0.25) is 4.99 Å². The second-order valence-corrected chi connectivity index (χ2v) is 6.64. The molecular formula is C19H32FIN4O. The Hall–Kier alpha value is -1.09. The lowest BCUT2D eigenvalue weighted by Crippen LogP contribution is -2.45. The van der Waals surface area contributed by atoms with Crippen LogP contribution in [0.3, 0.4) is 0 Å². The molecule has 148 valence electrons. The molecule has 1 unspecified atom stereocenters. The van der Waals surface area contributed by atoms with Crippen molar-refractivity contribution < 1.29 is 9.13 Å². The van der Waals surface area contributed by atoms with Crippen LogP contribution in [0.5, 0.6) is 0 Å². The third-order valence-electron chi connectivity index (χ3n) is 4.73. The molecule has 1 saturated heterocycles. The topological polar surface area (TPSA) is 48.9 Å². The Labute approximate surface area is 173 Å². The van der Waals surface area contributed by atoms with Gasteiger partial charge in [0, 0.05) is 39.8 Å². The normalized spacial score (nSPS) is 19.8. The lowest BCUT2D eigenvalue weighted by Gasteiger charge is -2.25. The van der Waals surface area contributed by atoms with E-state index in [4.69, 9.17) is 4.74 Å². The number of anilines is 1. The van der Waals surface area contributed by atoms with Crippen molar-refractivity contribution in [3.63, 3.8) is 0 Å². The highest BCUT2D eigenvalue weighted by Crippen LogP contribution is 2.24. The molecular weight excluding hydrogens is 446 g/mol. The van der Waals surface area contributed by atoms with Crippen LogP contribution in [0.25, 0.3) is 0 Å². The molecule has 1 atom stereocenters. The summed E-state index contributed by atoms with van der Waals surface area (Å²) in [6.07, 6.45) is 2.15. The van der Waals surface area contributed by atoms with Gasteiger partial charge in [-0.15, -0.1) is 24.0 Å². The molecule has 1 heterocycles. The fourth-order valence-electron chi connectivity index (χ4n) is 3.13. The minimum Gasteiger partial charge on any atom is -0.373 e. The van der Waals surface area contributed by atoms with E-state index in [2.05, 4.69) is 22.5 Å². The molecule has 0 radical (unpaired) electrons. The van der Waals surface area contributed by atoms with Crippen molar-refractivity contribution in [3.05, 3.63) is 29.6 Å². The number of rotatable bonds is 7. The summed E-state index contributed by atoms with van der Waals surface area (Å²) in [6, 6.07) is 5.40. The summed E-state index contributed by atoms with van der Waals surface area (Å²) < 4.78 is 20.1. The molecule has 2 N–H and O–H groups in total. The van der Waals surface area contributed by atoms with Gasteiger partial charge in [0.2, 0.25) is 0 Å². The van der Waals surface area contributed by atoms with Crippen LogP contribution in [0, 0.1) is 5.82 Å². The van der Waals surface area contributed by atoms with E-state index in [-0.39, 0.29) is 35.4 Å². The van der Waals surface area contributed by atoms with Crippen molar-refractivity contribution in [1.82, 2.24) is 10.6 Å². The summed E-state index contributed by atoms with van der Waals surface area (Å²) in [5, 5.41) is 6.53. The van der Waals surface area contributed by atoms with Gasteiger partial charge < -0.3 is 20.3 Å². The first-order valence-corrected chi connectivity index (χ1v) is 9.13. The Morgan fingerprint density at radius 3 is 2.58 bits per heavy atom. The molecule has 1 fully saturated rings. The van der Waals surface area contributed by atoms with Gasteiger partial charge in [0.25, 0.3) is 0 Å². The zero-order valence-electron chi connectivity index (χ0n) is 16.3. The monoisotopic (exact) mass is 478 g/mol. The van der Waals surface area contributed by atoms with Crippen molar-refractivity contribution >= 4 is 35.6 Å². The van der Waals surface area contributed by atoms with E-state index >= 15 is 0 Å². The molecule has 1 aliphatic heterocycles. The highest BCUT2D eigenvalue weighted by molar-refractivity contribution is 14.0. The molecule has 0 saturated carbocycles. The van der Waals surface area contributed by atoms with Crippen LogP contribution in [0.15, 0.2) is 23.2 Å². The van der Waals surface area contributed by atoms with Crippen molar-refractivity contribution in [1.29, 1.82) is 0 Å². The van der Waals surface area contributed by atoms with Crippen LogP contribution in [0.2, 0.25) is 0 Å². The Morgan fingerprint density at radius 2 is 2.04 bits per heavy atom. The minimum atomic E-state index is -0.183. The maximum absolute atomic E-state index is 14.4. The van der Waals surface area contributed by atoms with E-state index in [1.807, 2.05) is 30.9 Å². The van der Waals surface area contributed by atoms with E-state index in [1.165, 1.54) is 0 Å². The Bertz CT molecular complexity index is 587. The fourth-order valence-corrected chi connectivity index (χ4v) is 3.13. The highest BCUT2D eigenvalue weighted by atomic mass is 127. The van der Waals surface area contributed by atoms with Gasteiger partial charge in [0.1, 0.15) is 5.82 Å². The number of halogens is 2. The summed E-state index contributed by atoms with van der Waals surface area (Å²) >= 11 is 0. The molecule has 0 aliphatic carbocycles. The number of guanidine groups is 1. The molecule has 26 heavy (non-hydrogen) atoms. The van der Waals surface area contributed by atoms with Crippen LogP contribution in [0.1, 0.15) is 39.2 Å². The average molecular weight is 478 g/mol. The average Bonchev–Trinajstić information content (AvgIpc) is 3.04. The summed E-state index contributed by atoms with van der Waals surface area (Å²) in [7, 11) is 1.73. The number of hydrogen-bond acceptors (Lipinski definition) is 3. The third kappa shape index (κ3) is 6.26. The Kier molecular flexibility index (Phi) is 9.63. The highest BCUT2D eigenvalue weighted by Gasteiger charge is 2.29.